The van der Waals surface area contributed by atoms with E-state index in [-0.39, 0.29) is 17.9 Å². The fourth-order valence-corrected chi connectivity index (χ4v) is 4.35. The molecular weight excluding hydrogens is 436 g/mol. The number of hydrogen-bond donors (Lipinski definition) is 1. The van der Waals surface area contributed by atoms with E-state index in [0.717, 1.165) is 36.3 Å². The molecule has 4 rings (SSSR count). The number of carbonyl (C=O) groups is 2. The molecule has 1 aliphatic heterocycles. The number of carbonyl (C=O) groups excluding carboxylic acids is 2. The van der Waals surface area contributed by atoms with Gasteiger partial charge in [-0.3, -0.25) is 9.59 Å². The van der Waals surface area contributed by atoms with Gasteiger partial charge in [0, 0.05) is 31.1 Å². The molecule has 0 unspecified atom stereocenters. The van der Waals surface area contributed by atoms with Crippen LogP contribution in [0.4, 0.5) is 0 Å². The summed E-state index contributed by atoms with van der Waals surface area (Å²) in [5.41, 5.74) is 4.35. The standard InChI is InChI=1S/C26H29ClN4O2/c1-18-25(27)19(2)31(29-18)23-11-9-21(10-12-23)26(33)30-16-14-22(15-17-30)28-24(32)13-8-20-6-4-3-5-7-20/h3-7,9-12,22H,8,13-17H2,1-2H3,(H,28,32). The van der Waals surface area contributed by atoms with Crippen LogP contribution in [0.2, 0.25) is 5.02 Å². The molecule has 2 heterocycles. The molecule has 0 radical (unpaired) electrons. The van der Waals surface area contributed by atoms with Crippen LogP contribution in [0, 0.1) is 13.8 Å². The first-order valence-electron chi connectivity index (χ1n) is 11.4. The van der Waals surface area contributed by atoms with Crippen LogP contribution in [0.5, 0.6) is 0 Å². The molecule has 0 spiro atoms. The number of aromatic nitrogens is 2. The summed E-state index contributed by atoms with van der Waals surface area (Å²) in [5.74, 6) is 0.0882. The fraction of sp³-hybridized carbons (Fsp3) is 0.346. The Morgan fingerprint density at radius 3 is 2.30 bits per heavy atom. The highest BCUT2D eigenvalue weighted by Gasteiger charge is 2.24. The number of amides is 2. The van der Waals surface area contributed by atoms with Gasteiger partial charge in [0.25, 0.3) is 5.91 Å². The molecule has 1 saturated heterocycles. The third-order valence-corrected chi connectivity index (χ3v) is 6.74. The van der Waals surface area contributed by atoms with Gasteiger partial charge in [-0.25, -0.2) is 4.68 Å². The Morgan fingerprint density at radius 1 is 1.03 bits per heavy atom. The highest BCUT2D eigenvalue weighted by molar-refractivity contribution is 6.31. The predicted octanol–water partition coefficient (Wildman–Crippen LogP) is 4.50. The first-order chi connectivity index (χ1) is 15.9. The molecule has 0 bridgehead atoms. The van der Waals surface area contributed by atoms with Gasteiger partial charge in [-0.2, -0.15) is 5.10 Å². The summed E-state index contributed by atoms with van der Waals surface area (Å²) in [4.78, 5) is 27.1. The van der Waals surface area contributed by atoms with Gasteiger partial charge in [0.05, 0.1) is 22.1 Å². The van der Waals surface area contributed by atoms with Gasteiger partial charge in [0.15, 0.2) is 0 Å². The zero-order valence-electron chi connectivity index (χ0n) is 19.1. The predicted molar refractivity (Wildman–Crippen MR) is 130 cm³/mol. The Hall–Kier alpha value is -3.12. The van der Waals surface area contributed by atoms with E-state index in [2.05, 4.69) is 10.4 Å². The van der Waals surface area contributed by atoms with Crippen LogP contribution in [0.15, 0.2) is 54.6 Å². The van der Waals surface area contributed by atoms with E-state index >= 15 is 0 Å². The topological polar surface area (TPSA) is 67.2 Å². The molecule has 0 atom stereocenters. The van der Waals surface area contributed by atoms with Gasteiger partial charge in [0.2, 0.25) is 5.91 Å². The number of hydrogen-bond acceptors (Lipinski definition) is 3. The molecule has 1 fully saturated rings. The van der Waals surface area contributed by atoms with Crippen LogP contribution in [-0.4, -0.2) is 45.6 Å². The van der Waals surface area contributed by atoms with Crippen LogP contribution in [0.1, 0.15) is 46.6 Å². The van der Waals surface area contributed by atoms with Crippen molar-refractivity contribution in [2.45, 2.75) is 45.6 Å². The van der Waals surface area contributed by atoms with Crippen molar-refractivity contribution in [2.75, 3.05) is 13.1 Å². The van der Waals surface area contributed by atoms with Crippen LogP contribution in [0.25, 0.3) is 5.69 Å². The van der Waals surface area contributed by atoms with Crippen molar-refractivity contribution >= 4 is 23.4 Å². The van der Waals surface area contributed by atoms with Crippen LogP contribution < -0.4 is 5.32 Å². The molecule has 3 aromatic rings. The molecule has 0 saturated carbocycles. The first kappa shape index (κ1) is 23.1. The second kappa shape index (κ2) is 10.2. The van der Waals surface area contributed by atoms with Gasteiger partial charge in [-0.1, -0.05) is 41.9 Å². The van der Waals surface area contributed by atoms with Crippen molar-refractivity contribution in [2.24, 2.45) is 0 Å². The zero-order chi connectivity index (χ0) is 23.4. The Bertz CT molecular complexity index is 1120. The van der Waals surface area contributed by atoms with E-state index in [1.807, 2.05) is 73.3 Å². The average molecular weight is 465 g/mol. The number of halogens is 1. The summed E-state index contributed by atoms with van der Waals surface area (Å²) in [7, 11) is 0. The van der Waals surface area contributed by atoms with Crippen LogP contribution in [-0.2, 0) is 11.2 Å². The van der Waals surface area contributed by atoms with E-state index in [9.17, 15) is 9.59 Å². The lowest BCUT2D eigenvalue weighted by Crippen LogP contribution is -2.46. The van der Waals surface area contributed by atoms with Crippen LogP contribution in [0.3, 0.4) is 0 Å². The number of rotatable bonds is 6. The lowest BCUT2D eigenvalue weighted by molar-refractivity contribution is -0.122. The lowest BCUT2D eigenvalue weighted by atomic mass is 10.0. The second-order valence-electron chi connectivity index (χ2n) is 8.56. The maximum atomic E-state index is 13.0. The minimum absolute atomic E-state index is 0.0156. The molecule has 1 aromatic heterocycles. The van der Waals surface area contributed by atoms with E-state index in [0.29, 0.717) is 30.1 Å². The number of piperidine rings is 1. The number of nitrogens with zero attached hydrogens (tertiary/aromatic N) is 3. The van der Waals surface area contributed by atoms with Crippen molar-refractivity contribution in [1.82, 2.24) is 20.0 Å². The molecule has 0 aliphatic carbocycles. The summed E-state index contributed by atoms with van der Waals surface area (Å²) >= 11 is 6.25. The lowest BCUT2D eigenvalue weighted by Gasteiger charge is -2.32. The summed E-state index contributed by atoms with van der Waals surface area (Å²) in [6, 6.07) is 17.6. The molecule has 2 aromatic carbocycles. The Balaban J connectivity index is 1.27. The van der Waals surface area contributed by atoms with Gasteiger partial charge in [-0.05, 0) is 62.9 Å². The van der Waals surface area contributed by atoms with Crippen LogP contribution >= 0.6 is 11.6 Å². The minimum atomic E-state index is 0.0156. The number of nitrogens with one attached hydrogen (secondary N) is 1. The van der Waals surface area contributed by atoms with Crippen molar-refractivity contribution in [1.29, 1.82) is 0 Å². The SMILES string of the molecule is Cc1nn(-c2ccc(C(=O)N3CCC(NC(=O)CCc4ccccc4)CC3)cc2)c(C)c1Cl. The van der Waals surface area contributed by atoms with Crippen molar-refractivity contribution in [3.8, 4) is 5.69 Å². The smallest absolute Gasteiger partial charge is 0.253 e. The van der Waals surface area contributed by atoms with Gasteiger partial charge < -0.3 is 10.2 Å². The van der Waals surface area contributed by atoms with Crippen molar-refractivity contribution in [3.05, 3.63) is 82.1 Å². The highest BCUT2D eigenvalue weighted by atomic mass is 35.5. The Labute approximate surface area is 199 Å². The van der Waals surface area contributed by atoms with E-state index in [1.165, 1.54) is 5.56 Å². The van der Waals surface area contributed by atoms with Gasteiger partial charge in [-0.15, -0.1) is 0 Å². The van der Waals surface area contributed by atoms with E-state index < -0.39 is 0 Å². The third kappa shape index (κ3) is 5.45. The van der Waals surface area contributed by atoms with Crippen molar-refractivity contribution < 1.29 is 9.59 Å². The van der Waals surface area contributed by atoms with Crippen molar-refractivity contribution in [3.63, 3.8) is 0 Å². The summed E-state index contributed by atoms with van der Waals surface area (Å²) in [6.07, 6.45) is 2.76. The Kier molecular flexibility index (Phi) is 7.14. The normalized spacial score (nSPS) is 14.3. The van der Waals surface area contributed by atoms with E-state index in [4.69, 9.17) is 11.6 Å². The summed E-state index contributed by atoms with van der Waals surface area (Å²) in [6.45, 7) is 5.07. The number of benzene rings is 2. The molecule has 7 heteroatoms. The molecule has 33 heavy (non-hydrogen) atoms. The molecule has 6 nitrogen and oxygen atoms in total. The average Bonchev–Trinajstić information content (AvgIpc) is 3.11. The second-order valence-corrected chi connectivity index (χ2v) is 8.94. The highest BCUT2D eigenvalue weighted by Crippen LogP contribution is 2.23. The number of aryl methyl sites for hydroxylation is 2. The first-order valence-corrected chi connectivity index (χ1v) is 11.7. The van der Waals surface area contributed by atoms with Gasteiger partial charge in [0.1, 0.15) is 0 Å². The zero-order valence-corrected chi connectivity index (χ0v) is 19.8. The number of likely N-dealkylation sites (tertiary alicyclic amines) is 1. The maximum absolute atomic E-state index is 13.0. The fourth-order valence-electron chi connectivity index (χ4n) is 4.23. The Morgan fingerprint density at radius 2 is 1.70 bits per heavy atom. The van der Waals surface area contributed by atoms with Gasteiger partial charge >= 0.3 is 0 Å². The van der Waals surface area contributed by atoms with E-state index in [1.54, 1.807) is 4.68 Å². The molecule has 1 aliphatic rings. The summed E-state index contributed by atoms with van der Waals surface area (Å²) in [5, 5.41) is 8.25. The largest absolute Gasteiger partial charge is 0.353 e. The third-order valence-electron chi connectivity index (χ3n) is 6.19. The molecule has 1 N–H and O–H groups in total. The molecular formula is C26H29ClN4O2. The minimum Gasteiger partial charge on any atom is -0.353 e. The monoisotopic (exact) mass is 464 g/mol. The summed E-state index contributed by atoms with van der Waals surface area (Å²) < 4.78 is 1.79. The maximum Gasteiger partial charge on any atom is 0.253 e. The quantitative estimate of drug-likeness (QED) is 0.584. The molecule has 2 amide bonds. The molecule has 172 valence electrons.